The van der Waals surface area contributed by atoms with Crippen molar-refractivity contribution in [2.45, 2.75) is 32.5 Å². The molecule has 0 bridgehead atoms. The summed E-state index contributed by atoms with van der Waals surface area (Å²) in [6, 6.07) is 18.6. The van der Waals surface area contributed by atoms with Gasteiger partial charge < -0.3 is 15.4 Å². The van der Waals surface area contributed by atoms with Crippen molar-refractivity contribution in [2.24, 2.45) is 10.9 Å². The van der Waals surface area contributed by atoms with Gasteiger partial charge >= 0.3 is 0 Å². The molecule has 30 heavy (non-hydrogen) atoms. The lowest BCUT2D eigenvalue weighted by Gasteiger charge is -2.16. The van der Waals surface area contributed by atoms with Gasteiger partial charge in [-0.15, -0.1) is 0 Å². The fourth-order valence-corrected chi connectivity index (χ4v) is 3.31. The Kier molecular flexibility index (Phi) is 6.65. The highest BCUT2D eigenvalue weighted by atomic mass is 16.5. The highest BCUT2D eigenvalue weighted by Gasteiger charge is 2.22. The van der Waals surface area contributed by atoms with E-state index in [0.29, 0.717) is 13.1 Å². The van der Waals surface area contributed by atoms with Gasteiger partial charge in [0.25, 0.3) is 0 Å². The zero-order chi connectivity index (χ0) is 20.6. The quantitative estimate of drug-likeness (QED) is 0.423. The summed E-state index contributed by atoms with van der Waals surface area (Å²) >= 11 is 0. The number of ether oxygens (including phenoxy) is 1. The summed E-state index contributed by atoms with van der Waals surface area (Å²) in [5.41, 5.74) is 3.60. The molecule has 0 spiro atoms. The fourth-order valence-electron chi connectivity index (χ4n) is 3.31. The summed E-state index contributed by atoms with van der Waals surface area (Å²) < 4.78 is 7.95. The molecule has 1 saturated carbocycles. The summed E-state index contributed by atoms with van der Waals surface area (Å²) in [4.78, 5) is 4.37. The van der Waals surface area contributed by atoms with E-state index < -0.39 is 0 Å². The van der Waals surface area contributed by atoms with Crippen LogP contribution < -0.4 is 15.4 Å². The van der Waals surface area contributed by atoms with E-state index in [2.05, 4.69) is 51.1 Å². The number of guanidine groups is 1. The minimum Gasteiger partial charge on any atom is -0.493 e. The lowest BCUT2D eigenvalue weighted by Crippen LogP contribution is -2.36. The van der Waals surface area contributed by atoms with Gasteiger partial charge in [-0.3, -0.25) is 9.67 Å². The average Bonchev–Trinajstić information content (AvgIpc) is 3.48. The fraction of sp³-hybridized carbons (Fsp3) is 0.333. The highest BCUT2D eigenvalue weighted by Crippen LogP contribution is 2.30. The molecule has 1 fully saturated rings. The zero-order valence-corrected chi connectivity index (χ0v) is 17.4. The van der Waals surface area contributed by atoms with Crippen LogP contribution in [0.1, 0.15) is 29.5 Å². The van der Waals surface area contributed by atoms with E-state index in [1.807, 2.05) is 35.1 Å². The van der Waals surface area contributed by atoms with Gasteiger partial charge in [0.15, 0.2) is 5.96 Å². The van der Waals surface area contributed by atoms with Gasteiger partial charge in [0, 0.05) is 38.1 Å². The number of rotatable bonds is 9. The second-order valence-corrected chi connectivity index (χ2v) is 7.61. The molecule has 0 aliphatic heterocycles. The monoisotopic (exact) mass is 403 g/mol. The molecule has 6 nitrogen and oxygen atoms in total. The van der Waals surface area contributed by atoms with E-state index >= 15 is 0 Å². The van der Waals surface area contributed by atoms with Crippen LogP contribution in [-0.2, 0) is 19.6 Å². The number of hydrogen-bond acceptors (Lipinski definition) is 3. The molecule has 3 aromatic rings. The van der Waals surface area contributed by atoms with Crippen molar-refractivity contribution in [2.75, 3.05) is 13.7 Å². The van der Waals surface area contributed by atoms with Crippen molar-refractivity contribution >= 4 is 5.96 Å². The Labute approximate surface area is 178 Å². The second kappa shape index (κ2) is 9.96. The highest BCUT2D eigenvalue weighted by molar-refractivity contribution is 5.79. The Morgan fingerprint density at radius 2 is 1.70 bits per heavy atom. The number of nitrogens with zero attached hydrogens (tertiary/aromatic N) is 3. The molecule has 0 saturated heterocycles. The van der Waals surface area contributed by atoms with Crippen molar-refractivity contribution in [1.82, 2.24) is 20.4 Å². The number of aliphatic imine (C=N–C) groups is 1. The van der Waals surface area contributed by atoms with Crippen molar-refractivity contribution < 1.29 is 4.74 Å². The Balaban J connectivity index is 1.33. The molecule has 0 unspecified atom stereocenters. The van der Waals surface area contributed by atoms with Crippen LogP contribution in [-0.4, -0.2) is 29.4 Å². The smallest absolute Gasteiger partial charge is 0.191 e. The van der Waals surface area contributed by atoms with E-state index in [1.165, 1.54) is 24.0 Å². The Hall–Kier alpha value is -3.28. The second-order valence-electron chi connectivity index (χ2n) is 7.61. The third kappa shape index (κ3) is 5.63. The summed E-state index contributed by atoms with van der Waals surface area (Å²) in [7, 11) is 1.79. The van der Waals surface area contributed by atoms with Gasteiger partial charge in [0.1, 0.15) is 5.75 Å². The minimum atomic E-state index is 0.662. The van der Waals surface area contributed by atoms with Crippen molar-refractivity contribution in [3.8, 4) is 5.75 Å². The number of aromatic nitrogens is 2. The van der Waals surface area contributed by atoms with Crippen LogP contribution in [0.4, 0.5) is 0 Å². The van der Waals surface area contributed by atoms with Crippen LogP contribution in [0.25, 0.3) is 0 Å². The number of benzene rings is 2. The van der Waals surface area contributed by atoms with Gasteiger partial charge in [-0.05, 0) is 42.0 Å². The van der Waals surface area contributed by atoms with E-state index in [9.17, 15) is 0 Å². The zero-order valence-electron chi connectivity index (χ0n) is 17.4. The van der Waals surface area contributed by atoms with Crippen LogP contribution in [0.15, 0.2) is 72.0 Å². The summed E-state index contributed by atoms with van der Waals surface area (Å²) in [6.07, 6.45) is 6.37. The SMILES string of the molecule is CN=C(NCc1ccccc1Cn1cccn1)NCc1ccccc1OCC1CC1. The summed E-state index contributed by atoms with van der Waals surface area (Å²) in [6.45, 7) is 2.92. The minimum absolute atomic E-state index is 0.662. The first-order valence-electron chi connectivity index (χ1n) is 10.5. The first kappa shape index (κ1) is 20.0. The molecule has 1 heterocycles. The largest absolute Gasteiger partial charge is 0.493 e. The van der Waals surface area contributed by atoms with Gasteiger partial charge in [-0.25, -0.2) is 0 Å². The topological polar surface area (TPSA) is 63.5 Å². The Bertz CT molecular complexity index is 963. The molecular formula is C24H29N5O. The normalized spacial score (nSPS) is 13.8. The molecule has 2 N–H and O–H groups in total. The molecule has 4 rings (SSSR count). The third-order valence-corrected chi connectivity index (χ3v) is 5.27. The first-order valence-corrected chi connectivity index (χ1v) is 10.5. The molecular weight excluding hydrogens is 374 g/mol. The van der Waals surface area contributed by atoms with Gasteiger partial charge in [-0.2, -0.15) is 5.10 Å². The molecule has 1 aliphatic carbocycles. The molecule has 156 valence electrons. The van der Waals surface area contributed by atoms with Crippen molar-refractivity contribution in [1.29, 1.82) is 0 Å². The standard InChI is InChI=1S/C24H29N5O/c1-25-24(27-16-21-8-4-5-10-23(21)30-18-19-11-12-19)26-15-20-7-2-3-9-22(20)17-29-14-6-13-28-29/h2-10,13-14,19H,11-12,15-18H2,1H3,(H2,25,26,27). The molecule has 1 aliphatic rings. The van der Waals surface area contributed by atoms with E-state index in [4.69, 9.17) is 4.74 Å². The van der Waals surface area contributed by atoms with E-state index in [0.717, 1.165) is 36.3 Å². The lowest BCUT2D eigenvalue weighted by atomic mass is 10.1. The third-order valence-electron chi connectivity index (χ3n) is 5.27. The van der Waals surface area contributed by atoms with Gasteiger partial charge in [-0.1, -0.05) is 42.5 Å². The Morgan fingerprint density at radius 3 is 2.40 bits per heavy atom. The van der Waals surface area contributed by atoms with Gasteiger partial charge in [0.05, 0.1) is 13.2 Å². The molecule has 2 aromatic carbocycles. The summed E-state index contributed by atoms with van der Waals surface area (Å²) in [5.74, 6) is 2.46. The molecule has 1 aromatic heterocycles. The maximum absolute atomic E-state index is 6.01. The number of para-hydroxylation sites is 1. The number of hydrogen-bond donors (Lipinski definition) is 2. The van der Waals surface area contributed by atoms with E-state index in [-0.39, 0.29) is 0 Å². The maximum atomic E-state index is 6.01. The number of nitrogens with one attached hydrogen (secondary N) is 2. The van der Waals surface area contributed by atoms with Crippen LogP contribution in [0.2, 0.25) is 0 Å². The summed E-state index contributed by atoms with van der Waals surface area (Å²) in [5, 5.41) is 11.1. The maximum Gasteiger partial charge on any atom is 0.191 e. The van der Waals surface area contributed by atoms with Crippen LogP contribution >= 0.6 is 0 Å². The predicted molar refractivity (Wildman–Crippen MR) is 119 cm³/mol. The first-order chi connectivity index (χ1) is 14.8. The average molecular weight is 404 g/mol. The van der Waals surface area contributed by atoms with Gasteiger partial charge in [0.2, 0.25) is 0 Å². The molecule has 6 heteroatoms. The van der Waals surface area contributed by atoms with Crippen LogP contribution in [0.3, 0.4) is 0 Å². The van der Waals surface area contributed by atoms with Crippen molar-refractivity contribution in [3.05, 3.63) is 83.7 Å². The molecule has 0 amide bonds. The van der Waals surface area contributed by atoms with Crippen LogP contribution in [0, 0.1) is 5.92 Å². The molecule has 0 radical (unpaired) electrons. The molecule has 0 atom stereocenters. The van der Waals surface area contributed by atoms with Crippen molar-refractivity contribution in [3.63, 3.8) is 0 Å². The Morgan fingerprint density at radius 1 is 1.00 bits per heavy atom. The lowest BCUT2D eigenvalue weighted by molar-refractivity contribution is 0.296. The van der Waals surface area contributed by atoms with Crippen LogP contribution in [0.5, 0.6) is 5.75 Å². The van der Waals surface area contributed by atoms with E-state index in [1.54, 1.807) is 13.2 Å². The predicted octanol–water partition coefficient (Wildman–Crippen LogP) is 3.59.